The van der Waals surface area contributed by atoms with Crippen molar-refractivity contribution >= 4 is 21.6 Å². The van der Waals surface area contributed by atoms with Gasteiger partial charge in [0.05, 0.1) is 4.90 Å². The molecule has 1 aromatic carbocycles. The van der Waals surface area contributed by atoms with Crippen LogP contribution in [0.4, 0.5) is 0 Å². The third kappa shape index (κ3) is 3.54. The quantitative estimate of drug-likeness (QED) is 0.626. The number of hydrogen-bond acceptors (Lipinski definition) is 2. The molecule has 1 fully saturated rings. The van der Waals surface area contributed by atoms with Crippen molar-refractivity contribution in [2.24, 2.45) is 0 Å². The van der Waals surface area contributed by atoms with Gasteiger partial charge in [0.2, 0.25) is 10.0 Å². The van der Waals surface area contributed by atoms with Gasteiger partial charge in [0.15, 0.2) is 0 Å². The average Bonchev–Trinajstić information content (AvgIpc) is 2.75. The smallest absolute Gasteiger partial charge is 0.207 e. The van der Waals surface area contributed by atoms with Crippen LogP contribution in [0.5, 0.6) is 0 Å². The van der Waals surface area contributed by atoms with Crippen molar-refractivity contribution in [3.05, 3.63) is 29.8 Å². The molecule has 0 unspecified atom stereocenters. The van der Waals surface area contributed by atoms with Gasteiger partial charge in [0, 0.05) is 19.0 Å². The lowest BCUT2D eigenvalue weighted by Crippen LogP contribution is -2.36. The second-order valence-electron chi connectivity index (χ2n) is 5.45. The zero-order valence-corrected chi connectivity index (χ0v) is 13.5. The van der Waals surface area contributed by atoms with Gasteiger partial charge in [-0.25, -0.2) is 8.42 Å². The molecule has 3 nitrogen and oxygen atoms in total. The van der Waals surface area contributed by atoms with E-state index in [9.17, 15) is 8.42 Å². The molecule has 5 heteroatoms. The summed E-state index contributed by atoms with van der Waals surface area (Å²) in [6.07, 6.45) is 6.59. The monoisotopic (exact) mass is 315 g/mol. The number of rotatable bonds is 4. The van der Waals surface area contributed by atoms with Crippen LogP contribution >= 0.6 is 11.6 Å². The van der Waals surface area contributed by atoms with Crippen molar-refractivity contribution in [2.75, 3.05) is 7.05 Å². The first-order valence-corrected chi connectivity index (χ1v) is 9.16. The van der Waals surface area contributed by atoms with E-state index < -0.39 is 10.0 Å². The Balaban J connectivity index is 2.23. The lowest BCUT2D eigenvalue weighted by Gasteiger charge is -2.26. The zero-order valence-electron chi connectivity index (χ0n) is 11.9. The van der Waals surface area contributed by atoms with Crippen LogP contribution in [0.1, 0.15) is 44.1 Å². The summed E-state index contributed by atoms with van der Waals surface area (Å²) in [7, 11) is -1.71. The molecule has 20 heavy (non-hydrogen) atoms. The van der Waals surface area contributed by atoms with E-state index in [1.807, 2.05) is 6.07 Å². The standard InChI is InChI=1S/C15H22ClNO2S/c1-17(14-8-4-2-3-5-9-14)20(18,19)15-10-6-7-13(11-15)12-16/h6-7,10-11,14H,2-5,8-9,12H2,1H3. The molecule has 2 rings (SSSR count). The molecule has 0 spiro atoms. The Morgan fingerprint density at radius 1 is 1.20 bits per heavy atom. The van der Waals surface area contributed by atoms with Crippen LogP contribution < -0.4 is 0 Å². The van der Waals surface area contributed by atoms with Crippen molar-refractivity contribution < 1.29 is 8.42 Å². The van der Waals surface area contributed by atoms with E-state index in [4.69, 9.17) is 11.6 Å². The fraction of sp³-hybridized carbons (Fsp3) is 0.600. The van der Waals surface area contributed by atoms with E-state index in [0.717, 1.165) is 31.2 Å². The fourth-order valence-electron chi connectivity index (χ4n) is 2.77. The zero-order chi connectivity index (χ0) is 14.6. The molecule has 0 N–H and O–H groups in total. The molecular weight excluding hydrogens is 294 g/mol. The van der Waals surface area contributed by atoms with Gasteiger partial charge in [-0.3, -0.25) is 0 Å². The first-order valence-electron chi connectivity index (χ1n) is 7.18. The first kappa shape index (κ1) is 15.8. The lowest BCUT2D eigenvalue weighted by molar-refractivity contribution is 0.335. The highest BCUT2D eigenvalue weighted by atomic mass is 35.5. The van der Waals surface area contributed by atoms with E-state index in [1.165, 1.54) is 12.8 Å². The van der Waals surface area contributed by atoms with Crippen molar-refractivity contribution in [2.45, 2.75) is 55.3 Å². The van der Waals surface area contributed by atoms with Crippen molar-refractivity contribution in [1.29, 1.82) is 0 Å². The van der Waals surface area contributed by atoms with Gasteiger partial charge < -0.3 is 0 Å². The van der Waals surface area contributed by atoms with Crippen LogP contribution in [0.15, 0.2) is 29.2 Å². The van der Waals surface area contributed by atoms with Crippen molar-refractivity contribution in [3.63, 3.8) is 0 Å². The Hall–Kier alpha value is -0.580. The number of alkyl halides is 1. The maximum atomic E-state index is 12.7. The van der Waals surface area contributed by atoms with E-state index in [0.29, 0.717) is 10.8 Å². The minimum atomic E-state index is -3.41. The third-order valence-corrected chi connectivity index (χ3v) is 6.28. The van der Waals surface area contributed by atoms with Crippen LogP contribution in [0, 0.1) is 0 Å². The molecule has 0 bridgehead atoms. The minimum absolute atomic E-state index is 0.127. The summed E-state index contributed by atoms with van der Waals surface area (Å²) in [5.74, 6) is 0.330. The molecule has 1 aliphatic carbocycles. The summed E-state index contributed by atoms with van der Waals surface area (Å²) >= 11 is 5.79. The fourth-order valence-corrected chi connectivity index (χ4v) is 4.43. The van der Waals surface area contributed by atoms with Crippen LogP contribution in [0.25, 0.3) is 0 Å². The molecular formula is C15H22ClNO2S. The van der Waals surface area contributed by atoms with E-state index >= 15 is 0 Å². The van der Waals surface area contributed by atoms with E-state index in [1.54, 1.807) is 29.6 Å². The first-order chi connectivity index (χ1) is 9.55. The van der Waals surface area contributed by atoms with Gasteiger partial charge in [0.1, 0.15) is 0 Å². The highest BCUT2D eigenvalue weighted by Gasteiger charge is 2.28. The molecule has 0 atom stereocenters. The second-order valence-corrected chi connectivity index (χ2v) is 7.71. The molecule has 112 valence electrons. The van der Waals surface area contributed by atoms with Crippen LogP contribution in [0.3, 0.4) is 0 Å². The van der Waals surface area contributed by atoms with Gasteiger partial charge in [-0.2, -0.15) is 4.31 Å². The lowest BCUT2D eigenvalue weighted by atomic mass is 10.1. The number of hydrogen-bond donors (Lipinski definition) is 0. The Labute approximate surface area is 127 Å². The highest BCUT2D eigenvalue weighted by molar-refractivity contribution is 7.89. The van der Waals surface area contributed by atoms with Crippen LogP contribution in [-0.4, -0.2) is 25.8 Å². The molecule has 1 saturated carbocycles. The summed E-state index contributed by atoms with van der Waals surface area (Å²) in [6, 6.07) is 7.05. The largest absolute Gasteiger partial charge is 0.243 e. The molecule has 0 heterocycles. The molecule has 1 aromatic rings. The molecule has 0 aliphatic heterocycles. The predicted octanol–water partition coefficient (Wildman–Crippen LogP) is 3.77. The Morgan fingerprint density at radius 2 is 1.85 bits per heavy atom. The van der Waals surface area contributed by atoms with Gasteiger partial charge in [0.25, 0.3) is 0 Å². The second kappa shape index (κ2) is 6.92. The summed E-state index contributed by atoms with van der Waals surface area (Å²) in [5, 5.41) is 0. The summed E-state index contributed by atoms with van der Waals surface area (Å²) in [4.78, 5) is 0.349. The van der Waals surface area contributed by atoms with Gasteiger partial charge in [-0.15, -0.1) is 11.6 Å². The normalized spacial score (nSPS) is 18.1. The molecule has 1 aliphatic rings. The third-order valence-electron chi connectivity index (χ3n) is 4.07. The maximum Gasteiger partial charge on any atom is 0.243 e. The number of benzene rings is 1. The summed E-state index contributed by atoms with van der Waals surface area (Å²) in [6.45, 7) is 0. The molecule has 0 amide bonds. The highest BCUT2D eigenvalue weighted by Crippen LogP contribution is 2.26. The van der Waals surface area contributed by atoms with Crippen molar-refractivity contribution in [3.8, 4) is 0 Å². The van der Waals surface area contributed by atoms with Gasteiger partial charge in [-0.1, -0.05) is 37.8 Å². The number of nitrogens with zero attached hydrogens (tertiary/aromatic N) is 1. The predicted molar refractivity (Wildman–Crippen MR) is 82.4 cm³/mol. The Bertz CT molecular complexity index is 537. The molecule has 0 saturated heterocycles. The van der Waals surface area contributed by atoms with E-state index in [2.05, 4.69) is 0 Å². The van der Waals surface area contributed by atoms with E-state index in [-0.39, 0.29) is 6.04 Å². The summed E-state index contributed by atoms with van der Waals surface area (Å²) < 4.78 is 27.0. The van der Waals surface area contributed by atoms with Crippen LogP contribution in [-0.2, 0) is 15.9 Å². The average molecular weight is 316 g/mol. The SMILES string of the molecule is CN(C1CCCCCC1)S(=O)(=O)c1cccc(CCl)c1. The number of halogens is 1. The van der Waals surface area contributed by atoms with Crippen LogP contribution in [0.2, 0.25) is 0 Å². The maximum absolute atomic E-state index is 12.7. The minimum Gasteiger partial charge on any atom is -0.207 e. The van der Waals surface area contributed by atoms with Crippen molar-refractivity contribution in [1.82, 2.24) is 4.31 Å². The molecule has 0 aromatic heterocycles. The summed E-state index contributed by atoms with van der Waals surface area (Å²) in [5.41, 5.74) is 0.835. The van der Waals surface area contributed by atoms with Gasteiger partial charge in [-0.05, 0) is 30.5 Å². The Morgan fingerprint density at radius 3 is 2.45 bits per heavy atom. The molecule has 0 radical (unpaired) electrons. The Kier molecular flexibility index (Phi) is 5.47. The van der Waals surface area contributed by atoms with Gasteiger partial charge >= 0.3 is 0 Å². The topological polar surface area (TPSA) is 37.4 Å². The number of sulfonamides is 1.